The molecular formula is C21H15F4N5O2. The zero-order chi connectivity index (χ0) is 22.6. The maximum absolute atomic E-state index is 14.9. The maximum atomic E-state index is 14.9. The van der Waals surface area contributed by atoms with Crippen molar-refractivity contribution in [3.8, 4) is 23.1 Å². The molecule has 0 radical (unpaired) electrons. The molecule has 1 unspecified atom stereocenters. The summed E-state index contributed by atoms with van der Waals surface area (Å²) in [5.41, 5.74) is 1.08. The van der Waals surface area contributed by atoms with E-state index in [-0.39, 0.29) is 34.4 Å². The molecule has 7 nitrogen and oxygen atoms in total. The van der Waals surface area contributed by atoms with E-state index in [2.05, 4.69) is 20.1 Å². The Morgan fingerprint density at radius 1 is 1.00 bits per heavy atom. The molecule has 0 bridgehead atoms. The standard InChI is InChI=1S/C21H15F4N5O2/c1-31-19-12(9-27-20(28-19)32-2)15-8-11(18-26-5-6-30(18)29-15)17-16(21(17,24)25)10-3-4-13(22)14(23)7-10/h3-9,16-17H,1-2H3/t16-,17?/m1/s1. The molecule has 1 aliphatic carbocycles. The molecule has 164 valence electrons. The summed E-state index contributed by atoms with van der Waals surface area (Å²) in [6, 6.07) is 4.36. The molecule has 1 fully saturated rings. The minimum absolute atomic E-state index is 0.00679. The summed E-state index contributed by atoms with van der Waals surface area (Å²) >= 11 is 0. The summed E-state index contributed by atoms with van der Waals surface area (Å²) < 4.78 is 68.5. The van der Waals surface area contributed by atoms with Crippen molar-refractivity contribution in [1.82, 2.24) is 24.6 Å². The molecule has 3 heterocycles. The average molecular weight is 445 g/mol. The molecule has 0 spiro atoms. The van der Waals surface area contributed by atoms with Gasteiger partial charge in [-0.3, -0.25) is 0 Å². The van der Waals surface area contributed by atoms with Gasteiger partial charge in [0, 0.05) is 24.2 Å². The highest BCUT2D eigenvalue weighted by molar-refractivity contribution is 5.68. The third kappa shape index (κ3) is 3.03. The minimum Gasteiger partial charge on any atom is -0.480 e. The molecule has 0 aliphatic heterocycles. The van der Waals surface area contributed by atoms with E-state index in [9.17, 15) is 17.6 Å². The normalized spacial score (nSPS) is 19.2. The molecule has 0 N–H and O–H groups in total. The van der Waals surface area contributed by atoms with Crippen molar-refractivity contribution in [3.63, 3.8) is 0 Å². The Balaban J connectivity index is 1.64. The fourth-order valence-electron chi connectivity index (χ4n) is 3.92. The van der Waals surface area contributed by atoms with Crippen molar-refractivity contribution in [2.24, 2.45) is 0 Å². The zero-order valence-electron chi connectivity index (χ0n) is 16.8. The average Bonchev–Trinajstić information content (AvgIpc) is 3.10. The van der Waals surface area contributed by atoms with Gasteiger partial charge in [0.25, 0.3) is 5.92 Å². The Bertz CT molecular complexity index is 1340. The second-order valence-corrected chi connectivity index (χ2v) is 7.26. The number of alkyl halides is 2. The van der Waals surface area contributed by atoms with Crippen molar-refractivity contribution in [2.45, 2.75) is 17.8 Å². The van der Waals surface area contributed by atoms with Gasteiger partial charge < -0.3 is 9.47 Å². The summed E-state index contributed by atoms with van der Waals surface area (Å²) in [4.78, 5) is 12.3. The lowest BCUT2D eigenvalue weighted by atomic mass is 10.0. The number of nitrogens with zero attached hydrogens (tertiary/aromatic N) is 5. The van der Waals surface area contributed by atoms with Crippen molar-refractivity contribution in [2.75, 3.05) is 14.2 Å². The Hall–Kier alpha value is -3.76. The van der Waals surface area contributed by atoms with Crippen molar-refractivity contribution >= 4 is 5.65 Å². The van der Waals surface area contributed by atoms with Gasteiger partial charge in [-0.05, 0) is 23.8 Å². The lowest BCUT2D eigenvalue weighted by Crippen LogP contribution is -2.03. The summed E-state index contributed by atoms with van der Waals surface area (Å²) in [6.07, 6.45) is 4.37. The van der Waals surface area contributed by atoms with E-state index in [1.807, 2.05) is 0 Å². The van der Waals surface area contributed by atoms with Crippen LogP contribution in [0, 0.1) is 11.6 Å². The predicted octanol–water partition coefficient (Wildman–Crippen LogP) is 4.00. The second kappa shape index (κ2) is 7.14. The largest absolute Gasteiger partial charge is 0.480 e. The molecular weight excluding hydrogens is 430 g/mol. The summed E-state index contributed by atoms with van der Waals surface area (Å²) in [5, 5.41) is 4.41. The van der Waals surface area contributed by atoms with Crippen LogP contribution in [0.25, 0.3) is 16.9 Å². The highest BCUT2D eigenvalue weighted by atomic mass is 19.3. The van der Waals surface area contributed by atoms with Gasteiger partial charge in [-0.15, -0.1) is 0 Å². The first-order valence-electron chi connectivity index (χ1n) is 9.47. The molecule has 0 amide bonds. The molecule has 32 heavy (non-hydrogen) atoms. The fraction of sp³-hybridized carbons (Fsp3) is 0.238. The van der Waals surface area contributed by atoms with Gasteiger partial charge in [-0.25, -0.2) is 32.0 Å². The zero-order valence-corrected chi connectivity index (χ0v) is 16.8. The van der Waals surface area contributed by atoms with Crippen LogP contribution >= 0.6 is 0 Å². The van der Waals surface area contributed by atoms with E-state index < -0.39 is 29.4 Å². The van der Waals surface area contributed by atoms with Crippen molar-refractivity contribution in [3.05, 3.63) is 65.6 Å². The van der Waals surface area contributed by atoms with Crippen LogP contribution in [0.1, 0.15) is 23.0 Å². The number of imidazole rings is 1. The Morgan fingerprint density at radius 2 is 1.81 bits per heavy atom. The number of hydrogen-bond acceptors (Lipinski definition) is 6. The second-order valence-electron chi connectivity index (χ2n) is 7.26. The molecule has 1 aliphatic rings. The Labute approximate surface area is 178 Å². The van der Waals surface area contributed by atoms with Crippen LogP contribution in [-0.4, -0.2) is 44.7 Å². The third-order valence-electron chi connectivity index (χ3n) is 5.46. The molecule has 11 heteroatoms. The van der Waals surface area contributed by atoms with E-state index in [0.29, 0.717) is 5.56 Å². The predicted molar refractivity (Wildman–Crippen MR) is 104 cm³/mol. The SMILES string of the molecule is COc1ncc(-c2cc(C3[C@@H](c4ccc(F)c(F)c4)C3(F)F)c3nccn3n2)c(OC)n1. The molecule has 1 saturated carbocycles. The first-order chi connectivity index (χ1) is 15.3. The highest BCUT2D eigenvalue weighted by Gasteiger charge is 2.70. The first kappa shape index (κ1) is 20.2. The number of rotatable bonds is 5. The van der Waals surface area contributed by atoms with Gasteiger partial charge in [-0.1, -0.05) is 6.07 Å². The number of ether oxygens (including phenoxy) is 2. The van der Waals surface area contributed by atoms with Crippen LogP contribution in [0.15, 0.2) is 42.9 Å². The van der Waals surface area contributed by atoms with Crippen LogP contribution in [0.5, 0.6) is 11.9 Å². The van der Waals surface area contributed by atoms with Crippen LogP contribution in [-0.2, 0) is 0 Å². The quantitative estimate of drug-likeness (QED) is 0.433. The van der Waals surface area contributed by atoms with Gasteiger partial charge in [0.2, 0.25) is 5.88 Å². The highest BCUT2D eigenvalue weighted by Crippen LogP contribution is 2.67. The lowest BCUT2D eigenvalue weighted by molar-refractivity contribution is 0.105. The molecule has 0 saturated heterocycles. The molecule has 3 aromatic heterocycles. The van der Waals surface area contributed by atoms with Crippen LogP contribution in [0.4, 0.5) is 17.6 Å². The smallest absolute Gasteiger partial charge is 0.319 e. The van der Waals surface area contributed by atoms with Gasteiger partial charge in [0.05, 0.1) is 37.3 Å². The maximum Gasteiger partial charge on any atom is 0.319 e. The fourth-order valence-corrected chi connectivity index (χ4v) is 3.92. The molecule has 5 rings (SSSR count). The number of benzene rings is 1. The van der Waals surface area contributed by atoms with Gasteiger partial charge >= 0.3 is 6.01 Å². The van der Waals surface area contributed by atoms with E-state index in [0.717, 1.165) is 12.1 Å². The molecule has 4 aromatic rings. The number of fused-ring (bicyclic) bond motifs is 1. The Morgan fingerprint density at radius 3 is 2.53 bits per heavy atom. The minimum atomic E-state index is -3.18. The van der Waals surface area contributed by atoms with E-state index in [4.69, 9.17) is 9.47 Å². The molecule has 2 atom stereocenters. The van der Waals surface area contributed by atoms with Crippen molar-refractivity contribution < 1.29 is 27.0 Å². The lowest BCUT2D eigenvalue weighted by Gasteiger charge is -2.10. The van der Waals surface area contributed by atoms with E-state index >= 15 is 0 Å². The van der Waals surface area contributed by atoms with E-state index in [1.165, 1.54) is 49.5 Å². The summed E-state index contributed by atoms with van der Waals surface area (Å²) in [7, 11) is 2.80. The first-order valence-corrected chi connectivity index (χ1v) is 9.47. The number of methoxy groups -OCH3 is 2. The number of hydrogen-bond donors (Lipinski definition) is 0. The van der Waals surface area contributed by atoms with Crippen LogP contribution in [0.3, 0.4) is 0 Å². The van der Waals surface area contributed by atoms with Gasteiger partial charge in [0.1, 0.15) is 0 Å². The molecule has 1 aromatic carbocycles. The third-order valence-corrected chi connectivity index (χ3v) is 5.46. The number of aromatic nitrogens is 5. The van der Waals surface area contributed by atoms with Crippen LogP contribution < -0.4 is 9.47 Å². The van der Waals surface area contributed by atoms with Crippen LogP contribution in [0.2, 0.25) is 0 Å². The van der Waals surface area contributed by atoms with Gasteiger partial charge in [0.15, 0.2) is 17.3 Å². The monoisotopic (exact) mass is 445 g/mol. The topological polar surface area (TPSA) is 74.4 Å². The Kier molecular flexibility index (Phi) is 4.50. The number of halogens is 4. The van der Waals surface area contributed by atoms with Gasteiger partial charge in [-0.2, -0.15) is 10.1 Å². The summed E-state index contributed by atoms with van der Waals surface area (Å²) in [5.74, 6) is -7.94. The van der Waals surface area contributed by atoms with E-state index in [1.54, 1.807) is 0 Å². The summed E-state index contributed by atoms with van der Waals surface area (Å²) in [6.45, 7) is 0. The van der Waals surface area contributed by atoms with Crippen molar-refractivity contribution in [1.29, 1.82) is 0 Å².